The van der Waals surface area contributed by atoms with E-state index in [0.717, 1.165) is 31.2 Å². The van der Waals surface area contributed by atoms with Crippen molar-refractivity contribution in [2.75, 3.05) is 6.54 Å². The molecule has 0 atom stereocenters. The van der Waals surface area contributed by atoms with Crippen molar-refractivity contribution in [2.24, 2.45) is 0 Å². The van der Waals surface area contributed by atoms with Crippen LogP contribution in [0.5, 0.6) is 0 Å². The number of sulfonamides is 1. The highest BCUT2D eigenvalue weighted by Gasteiger charge is 2.12. The fourth-order valence-corrected chi connectivity index (χ4v) is 3.53. The van der Waals surface area contributed by atoms with E-state index in [0.29, 0.717) is 17.0 Å². The van der Waals surface area contributed by atoms with Gasteiger partial charge in [0.05, 0.1) is 4.90 Å². The van der Waals surface area contributed by atoms with Crippen LogP contribution in [0.25, 0.3) is 0 Å². The second kappa shape index (κ2) is 10.0. The molecule has 2 rings (SSSR count). The SMILES string of the molecule is Cc1ccc(S(=O)(=O)NCCCCCC=CC(=O)c2ccccc2)cc1. The average molecular weight is 372 g/mol. The Balaban J connectivity index is 1.63. The van der Waals surface area contributed by atoms with E-state index >= 15 is 0 Å². The van der Waals surface area contributed by atoms with Crippen molar-refractivity contribution in [3.8, 4) is 0 Å². The number of nitrogens with one attached hydrogen (secondary N) is 1. The van der Waals surface area contributed by atoms with Crippen LogP contribution >= 0.6 is 0 Å². The molecule has 0 aromatic heterocycles. The molecule has 0 saturated heterocycles. The van der Waals surface area contributed by atoms with E-state index in [1.165, 1.54) is 0 Å². The van der Waals surface area contributed by atoms with Gasteiger partial charge < -0.3 is 0 Å². The molecule has 0 amide bonds. The van der Waals surface area contributed by atoms with Crippen LogP contribution in [0.15, 0.2) is 71.6 Å². The first kappa shape index (κ1) is 20.1. The molecule has 0 heterocycles. The van der Waals surface area contributed by atoms with Gasteiger partial charge in [-0.15, -0.1) is 0 Å². The van der Waals surface area contributed by atoms with Gasteiger partial charge in [-0.05, 0) is 44.4 Å². The molecule has 1 N–H and O–H groups in total. The lowest BCUT2D eigenvalue weighted by Crippen LogP contribution is -2.24. The minimum absolute atomic E-state index is 0.0106. The molecule has 2 aromatic carbocycles. The Kier molecular flexibility index (Phi) is 7.75. The predicted octanol–water partition coefficient (Wildman–Crippen LogP) is 4.27. The summed E-state index contributed by atoms with van der Waals surface area (Å²) in [6, 6.07) is 16.0. The minimum Gasteiger partial charge on any atom is -0.289 e. The summed E-state index contributed by atoms with van der Waals surface area (Å²) in [5.41, 5.74) is 1.72. The number of aryl methyl sites for hydroxylation is 1. The summed E-state index contributed by atoms with van der Waals surface area (Å²) in [7, 11) is -3.42. The van der Waals surface area contributed by atoms with Crippen LogP contribution in [0.1, 0.15) is 41.6 Å². The molecule has 138 valence electrons. The van der Waals surface area contributed by atoms with Crippen LogP contribution < -0.4 is 4.72 Å². The maximum absolute atomic E-state index is 12.1. The van der Waals surface area contributed by atoms with E-state index in [1.807, 2.05) is 31.2 Å². The van der Waals surface area contributed by atoms with Gasteiger partial charge in [-0.3, -0.25) is 4.79 Å². The third-order valence-electron chi connectivity index (χ3n) is 4.00. The topological polar surface area (TPSA) is 63.2 Å². The first-order valence-corrected chi connectivity index (χ1v) is 10.3. The Morgan fingerprint density at radius 2 is 1.65 bits per heavy atom. The van der Waals surface area contributed by atoms with E-state index in [4.69, 9.17) is 0 Å². The van der Waals surface area contributed by atoms with E-state index in [2.05, 4.69) is 4.72 Å². The summed E-state index contributed by atoms with van der Waals surface area (Å²) >= 11 is 0. The van der Waals surface area contributed by atoms with Crippen molar-refractivity contribution < 1.29 is 13.2 Å². The highest BCUT2D eigenvalue weighted by Crippen LogP contribution is 2.10. The lowest BCUT2D eigenvalue weighted by Gasteiger charge is -2.06. The Morgan fingerprint density at radius 1 is 0.962 bits per heavy atom. The number of unbranched alkanes of at least 4 members (excludes halogenated alkanes) is 3. The number of carbonyl (C=O) groups is 1. The van der Waals surface area contributed by atoms with Gasteiger partial charge >= 0.3 is 0 Å². The van der Waals surface area contributed by atoms with Crippen molar-refractivity contribution in [1.29, 1.82) is 0 Å². The van der Waals surface area contributed by atoms with Gasteiger partial charge in [0, 0.05) is 12.1 Å². The zero-order chi connectivity index (χ0) is 18.8. The van der Waals surface area contributed by atoms with Gasteiger partial charge in [0.15, 0.2) is 5.78 Å². The smallest absolute Gasteiger partial charge is 0.240 e. The molecule has 0 aliphatic heterocycles. The molecule has 0 unspecified atom stereocenters. The van der Waals surface area contributed by atoms with Crippen molar-refractivity contribution in [3.05, 3.63) is 77.9 Å². The van der Waals surface area contributed by atoms with E-state index in [1.54, 1.807) is 42.5 Å². The average Bonchev–Trinajstić information content (AvgIpc) is 2.64. The first-order valence-electron chi connectivity index (χ1n) is 8.81. The molecule has 4 nitrogen and oxygen atoms in total. The summed E-state index contributed by atoms with van der Waals surface area (Å²) in [6.07, 6.45) is 6.89. The molecular formula is C21H25NO3S. The zero-order valence-corrected chi connectivity index (χ0v) is 15.8. The molecule has 0 fully saturated rings. The number of hydrogen-bond acceptors (Lipinski definition) is 3. The molecule has 0 bridgehead atoms. The van der Waals surface area contributed by atoms with Crippen LogP contribution in [0, 0.1) is 6.92 Å². The maximum atomic E-state index is 12.1. The molecular weight excluding hydrogens is 346 g/mol. The van der Waals surface area contributed by atoms with Gasteiger partial charge in [0.1, 0.15) is 0 Å². The minimum atomic E-state index is -3.42. The van der Waals surface area contributed by atoms with Gasteiger partial charge in [-0.1, -0.05) is 60.5 Å². The Hall–Kier alpha value is -2.24. The predicted molar refractivity (Wildman–Crippen MR) is 105 cm³/mol. The summed E-state index contributed by atoms with van der Waals surface area (Å²) in [5.74, 6) is 0.0106. The highest BCUT2D eigenvalue weighted by atomic mass is 32.2. The van der Waals surface area contributed by atoms with Crippen LogP contribution in [-0.4, -0.2) is 20.7 Å². The van der Waals surface area contributed by atoms with Crippen LogP contribution in [0.3, 0.4) is 0 Å². The maximum Gasteiger partial charge on any atom is 0.240 e. The Labute approximate surface area is 156 Å². The number of hydrogen-bond donors (Lipinski definition) is 1. The number of ketones is 1. The van der Waals surface area contributed by atoms with Crippen molar-refractivity contribution in [3.63, 3.8) is 0 Å². The number of carbonyl (C=O) groups excluding carboxylic acids is 1. The number of rotatable bonds is 10. The quantitative estimate of drug-likeness (QED) is 0.385. The Morgan fingerprint density at radius 3 is 2.35 bits per heavy atom. The lowest BCUT2D eigenvalue weighted by atomic mass is 10.1. The third-order valence-corrected chi connectivity index (χ3v) is 5.48. The number of benzene rings is 2. The molecule has 0 radical (unpaired) electrons. The van der Waals surface area contributed by atoms with Crippen molar-refractivity contribution in [2.45, 2.75) is 37.5 Å². The van der Waals surface area contributed by atoms with E-state index < -0.39 is 10.0 Å². The second-order valence-corrected chi connectivity index (χ2v) is 7.96. The van der Waals surface area contributed by atoms with Crippen LogP contribution in [0.2, 0.25) is 0 Å². The molecule has 5 heteroatoms. The largest absolute Gasteiger partial charge is 0.289 e. The summed E-state index contributed by atoms with van der Waals surface area (Å²) in [6.45, 7) is 2.34. The second-order valence-electron chi connectivity index (χ2n) is 6.19. The van der Waals surface area contributed by atoms with Crippen molar-refractivity contribution in [1.82, 2.24) is 4.72 Å². The third kappa shape index (κ3) is 6.58. The monoisotopic (exact) mass is 371 g/mol. The molecule has 0 aliphatic carbocycles. The molecule has 26 heavy (non-hydrogen) atoms. The molecule has 2 aromatic rings. The van der Waals surface area contributed by atoms with Gasteiger partial charge in [0.2, 0.25) is 10.0 Å². The summed E-state index contributed by atoms with van der Waals surface area (Å²) in [4.78, 5) is 12.2. The fraction of sp³-hybridized carbons (Fsp3) is 0.286. The number of allylic oxidation sites excluding steroid dienone is 2. The van der Waals surface area contributed by atoms with Crippen LogP contribution in [-0.2, 0) is 10.0 Å². The van der Waals surface area contributed by atoms with E-state index in [9.17, 15) is 13.2 Å². The van der Waals surface area contributed by atoms with Crippen molar-refractivity contribution >= 4 is 15.8 Å². The van der Waals surface area contributed by atoms with Gasteiger partial charge in [-0.25, -0.2) is 13.1 Å². The first-order chi connectivity index (χ1) is 12.5. The summed E-state index contributed by atoms with van der Waals surface area (Å²) in [5, 5.41) is 0. The molecule has 0 saturated carbocycles. The highest BCUT2D eigenvalue weighted by molar-refractivity contribution is 7.89. The normalized spacial score (nSPS) is 11.7. The lowest BCUT2D eigenvalue weighted by molar-refractivity contribution is 0.104. The summed E-state index contributed by atoms with van der Waals surface area (Å²) < 4.78 is 26.9. The molecule has 0 aliphatic rings. The fourth-order valence-electron chi connectivity index (χ4n) is 2.46. The Bertz CT molecular complexity index is 825. The van der Waals surface area contributed by atoms with Crippen LogP contribution in [0.4, 0.5) is 0 Å². The van der Waals surface area contributed by atoms with Gasteiger partial charge in [-0.2, -0.15) is 0 Å². The van der Waals surface area contributed by atoms with E-state index in [-0.39, 0.29) is 5.78 Å². The standard InChI is InChI=1S/C21H25NO3S/c1-18-13-15-20(16-14-18)26(24,25)22-17-9-4-2-3-8-12-21(23)19-10-6-5-7-11-19/h5-8,10-16,22H,2-4,9,17H2,1H3. The molecule has 0 spiro atoms. The van der Waals surface area contributed by atoms with Gasteiger partial charge in [0.25, 0.3) is 0 Å². The zero-order valence-electron chi connectivity index (χ0n) is 15.0.